The minimum absolute atomic E-state index is 0.234. The molecule has 0 saturated carbocycles. The maximum Gasteiger partial charge on any atom is 0.197 e. The van der Waals surface area contributed by atoms with E-state index in [1.54, 1.807) is 23.0 Å². The van der Waals surface area contributed by atoms with E-state index in [4.69, 9.17) is 14.8 Å². The summed E-state index contributed by atoms with van der Waals surface area (Å²) < 4.78 is 20.0. The number of halogens is 1. The topological polar surface area (TPSA) is 84.2 Å². The third kappa shape index (κ3) is 4.09. The Morgan fingerprint density at radius 2 is 2.09 bits per heavy atom. The van der Waals surface area contributed by atoms with Gasteiger partial charge in [0.15, 0.2) is 11.4 Å². The van der Waals surface area contributed by atoms with Crippen molar-refractivity contribution >= 4 is 17.0 Å². The fourth-order valence-electron chi connectivity index (χ4n) is 4.90. The summed E-state index contributed by atoms with van der Waals surface area (Å²) in [4.78, 5) is 12.8. The molecule has 10 heteroatoms. The molecule has 0 atom stereocenters. The molecule has 0 amide bonds. The number of alkyl halides is 1. The molecular formula is C24H30FN7OS. The van der Waals surface area contributed by atoms with Crippen LogP contribution in [-0.2, 0) is 0 Å². The number of thiazole rings is 1. The highest BCUT2D eigenvalue weighted by atomic mass is 32.1. The van der Waals surface area contributed by atoms with Gasteiger partial charge in [-0.2, -0.15) is 10.2 Å². The van der Waals surface area contributed by atoms with Crippen LogP contribution in [0.5, 0.6) is 5.75 Å². The maximum atomic E-state index is 12.7. The minimum Gasteiger partial charge on any atom is -0.493 e. The predicted octanol–water partition coefficient (Wildman–Crippen LogP) is 4.83. The molecule has 180 valence electrons. The summed E-state index contributed by atoms with van der Waals surface area (Å²) >= 11 is 1.76. The third-order valence-electron chi connectivity index (χ3n) is 6.62. The lowest BCUT2D eigenvalue weighted by Crippen LogP contribution is -2.34. The van der Waals surface area contributed by atoms with E-state index < -0.39 is 0 Å². The van der Waals surface area contributed by atoms with Crippen molar-refractivity contribution in [2.45, 2.75) is 45.4 Å². The number of nitrogens with zero attached hydrogens (tertiary/aromatic N) is 6. The number of methoxy groups -OCH3 is 1. The monoisotopic (exact) mass is 483 g/mol. The molecule has 1 aliphatic heterocycles. The number of piperidine rings is 1. The third-order valence-corrected chi connectivity index (χ3v) is 7.96. The van der Waals surface area contributed by atoms with Crippen LogP contribution < -0.4 is 4.74 Å². The van der Waals surface area contributed by atoms with E-state index in [9.17, 15) is 4.39 Å². The van der Waals surface area contributed by atoms with E-state index in [0.717, 1.165) is 59.1 Å². The van der Waals surface area contributed by atoms with E-state index in [-0.39, 0.29) is 12.6 Å². The predicted molar refractivity (Wildman–Crippen MR) is 131 cm³/mol. The van der Waals surface area contributed by atoms with Crippen molar-refractivity contribution in [3.63, 3.8) is 0 Å². The van der Waals surface area contributed by atoms with Crippen LogP contribution in [0, 0.1) is 6.92 Å². The lowest BCUT2D eigenvalue weighted by molar-refractivity contribution is 0.197. The number of pyridine rings is 1. The van der Waals surface area contributed by atoms with Crippen LogP contribution in [0.1, 0.15) is 54.7 Å². The van der Waals surface area contributed by atoms with Crippen molar-refractivity contribution in [2.75, 3.05) is 33.4 Å². The molecule has 4 aromatic rings. The first-order valence-corrected chi connectivity index (χ1v) is 12.5. The number of aryl methyl sites for hydroxylation is 1. The molecule has 0 spiro atoms. The van der Waals surface area contributed by atoms with Gasteiger partial charge in [-0.15, -0.1) is 11.3 Å². The van der Waals surface area contributed by atoms with E-state index in [1.165, 1.54) is 11.2 Å². The van der Waals surface area contributed by atoms with Crippen molar-refractivity contribution in [2.24, 2.45) is 0 Å². The Morgan fingerprint density at radius 3 is 2.79 bits per heavy atom. The number of fused-ring (bicyclic) bond motifs is 1. The second-order valence-electron chi connectivity index (χ2n) is 9.11. The Morgan fingerprint density at radius 1 is 1.29 bits per heavy atom. The number of hydrogen-bond acceptors (Lipinski definition) is 7. The van der Waals surface area contributed by atoms with Gasteiger partial charge in [-0.1, -0.05) is 13.8 Å². The first-order valence-electron chi connectivity index (χ1n) is 11.7. The standard InChI is InChI=1S/C24H30FN7OS/c1-14(2)19-20(17-11-18(33-4)23-26-13-27-32(23)12-17)29-30-21(19)24-28-15(3)22(34-24)16-5-8-31(9-6-16)10-7-25/h11-14,16H,5-10H2,1-4H3,(H,29,30). The van der Waals surface area contributed by atoms with E-state index >= 15 is 0 Å². The summed E-state index contributed by atoms with van der Waals surface area (Å²) in [6.07, 6.45) is 5.54. The highest BCUT2D eigenvalue weighted by Gasteiger charge is 2.27. The van der Waals surface area contributed by atoms with E-state index in [1.807, 2.05) is 12.3 Å². The van der Waals surface area contributed by atoms with Gasteiger partial charge in [0.1, 0.15) is 18.0 Å². The molecule has 4 aromatic heterocycles. The van der Waals surface area contributed by atoms with E-state index in [0.29, 0.717) is 23.9 Å². The lowest BCUT2D eigenvalue weighted by Gasteiger charge is -2.30. The minimum atomic E-state index is -0.274. The van der Waals surface area contributed by atoms with Crippen molar-refractivity contribution < 1.29 is 9.13 Å². The van der Waals surface area contributed by atoms with Gasteiger partial charge in [0.25, 0.3) is 0 Å². The largest absolute Gasteiger partial charge is 0.493 e. The zero-order valence-electron chi connectivity index (χ0n) is 20.0. The number of H-pyrrole nitrogens is 1. The van der Waals surface area contributed by atoms with Crippen LogP contribution in [0.3, 0.4) is 0 Å². The molecule has 0 unspecified atom stereocenters. The zero-order valence-corrected chi connectivity index (χ0v) is 20.8. The van der Waals surface area contributed by atoms with Gasteiger partial charge in [0, 0.05) is 28.7 Å². The summed E-state index contributed by atoms with van der Waals surface area (Å²) in [5, 5.41) is 13.3. The molecule has 0 bridgehead atoms. The van der Waals surface area contributed by atoms with Crippen molar-refractivity contribution in [1.82, 2.24) is 34.7 Å². The Kier molecular flexibility index (Phi) is 6.35. The smallest absolute Gasteiger partial charge is 0.197 e. The number of aromatic amines is 1. The van der Waals surface area contributed by atoms with Crippen LogP contribution in [-0.4, -0.2) is 68.1 Å². The number of rotatable bonds is 7. The highest BCUT2D eigenvalue weighted by molar-refractivity contribution is 7.15. The number of aromatic nitrogens is 6. The Balaban J connectivity index is 1.50. The number of hydrogen-bond donors (Lipinski definition) is 1. The van der Waals surface area contributed by atoms with Gasteiger partial charge in [0.2, 0.25) is 0 Å². The van der Waals surface area contributed by atoms with Crippen LogP contribution in [0.15, 0.2) is 18.6 Å². The zero-order chi connectivity index (χ0) is 23.8. The van der Waals surface area contributed by atoms with E-state index in [2.05, 4.69) is 40.9 Å². The molecule has 0 aliphatic carbocycles. The van der Waals surface area contributed by atoms with Crippen LogP contribution in [0.25, 0.3) is 27.6 Å². The molecular weight excluding hydrogens is 453 g/mol. The summed E-state index contributed by atoms with van der Waals surface area (Å²) in [6.45, 7) is 8.59. The van der Waals surface area contributed by atoms with Gasteiger partial charge < -0.3 is 9.64 Å². The highest BCUT2D eigenvalue weighted by Crippen LogP contribution is 2.41. The average molecular weight is 484 g/mol. The fourth-order valence-corrected chi connectivity index (χ4v) is 6.15. The van der Waals surface area contributed by atoms with Gasteiger partial charge in [-0.25, -0.2) is 18.9 Å². The number of nitrogens with one attached hydrogen (secondary N) is 1. The Hall–Kier alpha value is -2.85. The quantitative estimate of drug-likeness (QED) is 0.405. The van der Waals surface area contributed by atoms with Gasteiger partial charge in [-0.3, -0.25) is 5.10 Å². The second-order valence-corrected chi connectivity index (χ2v) is 10.1. The number of likely N-dealkylation sites (tertiary alicyclic amines) is 1. The molecule has 1 aliphatic rings. The molecule has 0 aromatic carbocycles. The second kappa shape index (κ2) is 9.42. The van der Waals surface area contributed by atoms with Gasteiger partial charge >= 0.3 is 0 Å². The first kappa shape index (κ1) is 22.9. The van der Waals surface area contributed by atoms with Gasteiger partial charge in [-0.05, 0) is 50.8 Å². The lowest BCUT2D eigenvalue weighted by atomic mass is 9.94. The molecule has 8 nitrogen and oxygen atoms in total. The average Bonchev–Trinajstić information content (AvgIpc) is 3.56. The summed E-state index contributed by atoms with van der Waals surface area (Å²) in [5.74, 6) is 1.37. The summed E-state index contributed by atoms with van der Waals surface area (Å²) in [6, 6.07) is 1.96. The fraction of sp³-hybridized carbons (Fsp3) is 0.500. The number of ether oxygens (including phenoxy) is 1. The summed E-state index contributed by atoms with van der Waals surface area (Å²) in [5.41, 5.74) is 5.63. The molecule has 1 N–H and O–H groups in total. The van der Waals surface area contributed by atoms with Crippen LogP contribution in [0.4, 0.5) is 4.39 Å². The van der Waals surface area contributed by atoms with Crippen LogP contribution in [0.2, 0.25) is 0 Å². The van der Waals surface area contributed by atoms with Crippen LogP contribution >= 0.6 is 11.3 Å². The normalized spacial score (nSPS) is 15.6. The summed E-state index contributed by atoms with van der Waals surface area (Å²) in [7, 11) is 1.63. The Bertz CT molecular complexity index is 1290. The molecule has 34 heavy (non-hydrogen) atoms. The SMILES string of the molecule is COc1cc(-c2n[nH]c(-c3nc(C)c(C4CCN(CCF)CC4)s3)c2C(C)C)cn2ncnc12. The first-order chi connectivity index (χ1) is 16.5. The van der Waals surface area contributed by atoms with Crippen molar-refractivity contribution in [1.29, 1.82) is 0 Å². The molecule has 5 rings (SSSR count). The maximum absolute atomic E-state index is 12.7. The van der Waals surface area contributed by atoms with Crippen molar-refractivity contribution in [3.05, 3.63) is 34.7 Å². The molecule has 0 radical (unpaired) electrons. The Labute approximate surface area is 202 Å². The van der Waals surface area contributed by atoms with Gasteiger partial charge in [0.05, 0.1) is 24.2 Å². The molecule has 1 fully saturated rings. The van der Waals surface area contributed by atoms with Crippen molar-refractivity contribution in [3.8, 4) is 27.7 Å². The molecule has 1 saturated heterocycles. The molecule has 5 heterocycles.